The van der Waals surface area contributed by atoms with Crippen LogP contribution in [0.15, 0.2) is 12.1 Å². The Balaban J connectivity index is 1.56. The number of nitrogens with one attached hydrogen (secondary N) is 2. The number of rotatable bonds is 4. The second-order valence-electron chi connectivity index (χ2n) is 6.04. The van der Waals surface area contributed by atoms with Gasteiger partial charge in [0.1, 0.15) is 0 Å². The maximum atomic E-state index is 13.6. The lowest BCUT2D eigenvalue weighted by molar-refractivity contribution is -0.00889. The van der Waals surface area contributed by atoms with E-state index >= 15 is 0 Å². The van der Waals surface area contributed by atoms with Gasteiger partial charge in [0, 0.05) is 30.5 Å². The van der Waals surface area contributed by atoms with E-state index in [0.29, 0.717) is 12.5 Å². The van der Waals surface area contributed by atoms with Gasteiger partial charge in [-0.1, -0.05) is 0 Å². The van der Waals surface area contributed by atoms with Gasteiger partial charge in [0.25, 0.3) is 0 Å². The van der Waals surface area contributed by atoms with E-state index in [2.05, 4.69) is 15.4 Å². The fourth-order valence-electron chi connectivity index (χ4n) is 2.94. The molecule has 2 atom stereocenters. The summed E-state index contributed by atoms with van der Waals surface area (Å²) in [7, 11) is 1.18. The Kier molecular flexibility index (Phi) is 4.66. The third-order valence-electron chi connectivity index (χ3n) is 4.26. The van der Waals surface area contributed by atoms with Crippen molar-refractivity contribution < 1.29 is 23.0 Å². The number of carbonyl (C=O) groups excluding carboxylic acids is 1. The van der Waals surface area contributed by atoms with Crippen molar-refractivity contribution in [2.75, 3.05) is 19.0 Å². The predicted octanol–water partition coefficient (Wildman–Crippen LogP) is 3.05. The summed E-state index contributed by atoms with van der Waals surface area (Å²) < 4.78 is 37.5. The van der Waals surface area contributed by atoms with Gasteiger partial charge in [-0.05, 0) is 31.6 Å². The Labute approximate surface area is 133 Å². The lowest BCUT2D eigenvalue weighted by Gasteiger charge is -2.30. The molecule has 0 radical (unpaired) electrons. The number of anilines is 1. The van der Waals surface area contributed by atoms with Gasteiger partial charge in [-0.3, -0.25) is 0 Å². The molecule has 0 bridgehead atoms. The van der Waals surface area contributed by atoms with Crippen LogP contribution in [-0.4, -0.2) is 31.9 Å². The molecule has 1 saturated heterocycles. The van der Waals surface area contributed by atoms with Gasteiger partial charge in [-0.25, -0.2) is 13.6 Å². The minimum absolute atomic E-state index is 0.0160. The summed E-state index contributed by atoms with van der Waals surface area (Å²) in [4.78, 5) is 12.0. The minimum Gasteiger partial charge on any atom is -0.491 e. The first kappa shape index (κ1) is 16.0. The number of amides is 2. The highest BCUT2D eigenvalue weighted by molar-refractivity contribution is 5.89. The van der Waals surface area contributed by atoms with Crippen LogP contribution in [0.2, 0.25) is 0 Å². The summed E-state index contributed by atoms with van der Waals surface area (Å²) in [5, 5.41) is 5.30. The average molecular weight is 326 g/mol. The Morgan fingerprint density at radius 3 is 2.57 bits per heavy atom. The molecule has 0 spiro atoms. The normalized spacial score (nSPS) is 24.1. The number of halogens is 2. The van der Waals surface area contributed by atoms with Gasteiger partial charge in [-0.2, -0.15) is 0 Å². The number of urea groups is 1. The van der Waals surface area contributed by atoms with Crippen LogP contribution in [0.5, 0.6) is 5.75 Å². The van der Waals surface area contributed by atoms with Crippen LogP contribution >= 0.6 is 0 Å². The fraction of sp³-hybridized carbons (Fsp3) is 0.562. The molecule has 1 aromatic carbocycles. The number of ether oxygens (including phenoxy) is 2. The lowest BCUT2D eigenvalue weighted by atomic mass is 10.0. The van der Waals surface area contributed by atoms with Crippen molar-refractivity contribution in [3.05, 3.63) is 23.8 Å². The first-order valence-corrected chi connectivity index (χ1v) is 7.79. The molecule has 126 valence electrons. The van der Waals surface area contributed by atoms with Crippen molar-refractivity contribution in [1.82, 2.24) is 5.32 Å². The number of carbonyl (C=O) groups is 1. The van der Waals surface area contributed by atoms with Gasteiger partial charge in [0.05, 0.1) is 13.2 Å². The number of hydrogen-bond donors (Lipinski definition) is 2. The van der Waals surface area contributed by atoms with E-state index in [1.807, 2.05) is 0 Å². The summed E-state index contributed by atoms with van der Waals surface area (Å²) in [5.41, 5.74) is 0.0455. The first-order chi connectivity index (χ1) is 11.1. The van der Waals surface area contributed by atoms with Gasteiger partial charge >= 0.3 is 6.03 Å². The van der Waals surface area contributed by atoms with E-state index in [1.54, 1.807) is 0 Å². The minimum atomic E-state index is -0.859. The van der Waals surface area contributed by atoms with E-state index in [4.69, 9.17) is 4.74 Å². The largest absolute Gasteiger partial charge is 0.491 e. The highest BCUT2D eigenvalue weighted by Crippen LogP contribution is 2.38. The SMILES string of the molecule is COc1c(F)cc(NC(=O)N[C@H]2CCO[C@H](C3CC3)C2)cc1F. The molecule has 0 unspecified atom stereocenters. The molecule has 7 heteroatoms. The van der Waals surface area contributed by atoms with Crippen LogP contribution in [0.1, 0.15) is 25.7 Å². The topological polar surface area (TPSA) is 59.6 Å². The molecular formula is C16H20F2N2O3. The Morgan fingerprint density at radius 1 is 1.26 bits per heavy atom. The molecule has 1 aromatic rings. The smallest absolute Gasteiger partial charge is 0.319 e. The lowest BCUT2D eigenvalue weighted by Crippen LogP contribution is -2.44. The standard InChI is InChI=1S/C16H20F2N2O3/c1-22-15-12(17)6-11(7-13(15)18)20-16(21)19-10-4-5-23-14(8-10)9-2-3-9/h6-7,9-10,14H,2-5,8H2,1H3,(H2,19,20,21)/t10-,14-/m0/s1. The average Bonchev–Trinajstić information content (AvgIpc) is 3.31. The van der Waals surface area contributed by atoms with Crippen molar-refractivity contribution in [2.24, 2.45) is 5.92 Å². The second kappa shape index (κ2) is 6.70. The zero-order chi connectivity index (χ0) is 16.4. The van der Waals surface area contributed by atoms with Crippen LogP contribution in [-0.2, 0) is 4.74 Å². The van der Waals surface area contributed by atoms with E-state index in [1.165, 1.54) is 20.0 Å². The highest BCUT2D eigenvalue weighted by atomic mass is 19.1. The molecule has 1 heterocycles. The first-order valence-electron chi connectivity index (χ1n) is 7.79. The summed E-state index contributed by atoms with van der Waals surface area (Å²) in [5.74, 6) is -1.56. The van der Waals surface area contributed by atoms with E-state index in [0.717, 1.165) is 25.0 Å². The molecular weight excluding hydrogens is 306 g/mol. The predicted molar refractivity (Wildman–Crippen MR) is 80.6 cm³/mol. The van der Waals surface area contributed by atoms with Gasteiger partial charge in [0.15, 0.2) is 17.4 Å². The van der Waals surface area contributed by atoms with Gasteiger partial charge in [-0.15, -0.1) is 0 Å². The number of methoxy groups -OCH3 is 1. The van der Waals surface area contributed by atoms with Crippen LogP contribution in [0.25, 0.3) is 0 Å². The Morgan fingerprint density at radius 2 is 1.96 bits per heavy atom. The maximum Gasteiger partial charge on any atom is 0.319 e. The number of benzene rings is 1. The van der Waals surface area contributed by atoms with Crippen LogP contribution < -0.4 is 15.4 Å². The third kappa shape index (κ3) is 3.90. The van der Waals surface area contributed by atoms with Gasteiger partial charge < -0.3 is 20.1 Å². The fourth-order valence-corrected chi connectivity index (χ4v) is 2.94. The summed E-state index contributed by atoms with van der Waals surface area (Å²) in [6.45, 7) is 0.623. The molecule has 1 saturated carbocycles. The van der Waals surface area contributed by atoms with Crippen LogP contribution in [0.4, 0.5) is 19.3 Å². The molecule has 2 fully saturated rings. The van der Waals surface area contributed by atoms with Crippen molar-refractivity contribution >= 4 is 11.7 Å². The maximum absolute atomic E-state index is 13.6. The second-order valence-corrected chi connectivity index (χ2v) is 6.04. The zero-order valence-corrected chi connectivity index (χ0v) is 12.9. The summed E-state index contributed by atoms with van der Waals surface area (Å²) in [6.07, 6.45) is 4.11. The molecule has 2 aliphatic rings. The van der Waals surface area contributed by atoms with Crippen LogP contribution in [0.3, 0.4) is 0 Å². The molecule has 2 N–H and O–H groups in total. The highest BCUT2D eigenvalue weighted by Gasteiger charge is 2.36. The van der Waals surface area contributed by atoms with Crippen molar-refractivity contribution in [2.45, 2.75) is 37.8 Å². The van der Waals surface area contributed by atoms with E-state index in [-0.39, 0.29) is 17.8 Å². The third-order valence-corrected chi connectivity index (χ3v) is 4.26. The monoisotopic (exact) mass is 326 g/mol. The molecule has 0 aromatic heterocycles. The summed E-state index contributed by atoms with van der Waals surface area (Å²) in [6, 6.07) is 1.59. The van der Waals surface area contributed by atoms with E-state index in [9.17, 15) is 13.6 Å². The van der Waals surface area contributed by atoms with Crippen molar-refractivity contribution in [3.63, 3.8) is 0 Å². The van der Waals surface area contributed by atoms with Gasteiger partial charge in [0.2, 0.25) is 0 Å². The molecule has 1 aliphatic heterocycles. The summed E-state index contributed by atoms with van der Waals surface area (Å²) >= 11 is 0. The van der Waals surface area contributed by atoms with E-state index < -0.39 is 23.4 Å². The quantitative estimate of drug-likeness (QED) is 0.894. The molecule has 3 rings (SSSR count). The molecule has 23 heavy (non-hydrogen) atoms. The molecule has 5 nitrogen and oxygen atoms in total. The Bertz CT molecular complexity index is 570. The zero-order valence-electron chi connectivity index (χ0n) is 12.9. The van der Waals surface area contributed by atoms with Crippen molar-refractivity contribution in [1.29, 1.82) is 0 Å². The van der Waals surface area contributed by atoms with Crippen LogP contribution in [0, 0.1) is 17.6 Å². The molecule has 2 amide bonds. The molecule has 1 aliphatic carbocycles. The number of hydrogen-bond acceptors (Lipinski definition) is 3. The Hall–Kier alpha value is -1.89. The van der Waals surface area contributed by atoms with Crippen molar-refractivity contribution in [3.8, 4) is 5.75 Å².